The molecular formula is C19H14I2N2O4S. The van der Waals surface area contributed by atoms with Crippen molar-refractivity contribution in [3.63, 3.8) is 0 Å². The summed E-state index contributed by atoms with van der Waals surface area (Å²) in [5, 5.41) is 19.9. The van der Waals surface area contributed by atoms with Crippen LogP contribution >= 0.6 is 56.9 Å². The zero-order chi connectivity index (χ0) is 20.4. The van der Waals surface area contributed by atoms with Crippen LogP contribution in [0.5, 0.6) is 5.75 Å². The number of aliphatic imine (C=N–C) groups is 1. The number of rotatable bonds is 4. The van der Waals surface area contributed by atoms with E-state index in [1.165, 1.54) is 28.8 Å². The van der Waals surface area contributed by atoms with E-state index in [1.807, 2.05) is 35.6 Å². The highest BCUT2D eigenvalue weighted by atomic mass is 127. The molecule has 0 bridgehead atoms. The minimum atomic E-state index is -1.03. The van der Waals surface area contributed by atoms with Crippen molar-refractivity contribution >= 4 is 85.8 Å². The van der Waals surface area contributed by atoms with Crippen molar-refractivity contribution in [2.75, 3.05) is 6.54 Å². The van der Waals surface area contributed by atoms with E-state index in [1.54, 1.807) is 24.3 Å². The average molecular weight is 620 g/mol. The molecule has 28 heavy (non-hydrogen) atoms. The van der Waals surface area contributed by atoms with E-state index < -0.39 is 5.97 Å². The monoisotopic (exact) mass is 620 g/mol. The number of amides is 1. The highest BCUT2D eigenvalue weighted by molar-refractivity contribution is 14.1. The first-order valence-corrected chi connectivity index (χ1v) is 11.1. The van der Waals surface area contributed by atoms with Gasteiger partial charge in [-0.15, -0.1) is 0 Å². The lowest BCUT2D eigenvalue weighted by molar-refractivity contribution is -0.122. The van der Waals surface area contributed by atoms with Gasteiger partial charge < -0.3 is 10.2 Å². The van der Waals surface area contributed by atoms with Crippen molar-refractivity contribution in [3.05, 3.63) is 59.6 Å². The lowest BCUT2D eigenvalue weighted by atomic mass is 10.2. The summed E-state index contributed by atoms with van der Waals surface area (Å²) < 4.78 is 1.66. The van der Waals surface area contributed by atoms with Crippen LogP contribution in [0.15, 0.2) is 46.3 Å². The molecular weight excluding hydrogens is 606 g/mol. The highest BCUT2D eigenvalue weighted by Crippen LogP contribution is 2.36. The molecule has 2 aromatic rings. The molecule has 0 aromatic heterocycles. The number of carboxylic acids is 1. The standard InChI is InChI=1S/C19H14I2N2O4S/c1-2-23-17(25)15(8-11-6-12(20)9-14(21)16(11)24)28-19(23)22-13-5-3-4-10(7-13)18(26)27/h3-9,24H,2H2,1H3,(H,26,27)/b15-8-,22-19?. The summed E-state index contributed by atoms with van der Waals surface area (Å²) in [7, 11) is 0. The number of amidine groups is 1. The fourth-order valence-electron chi connectivity index (χ4n) is 2.53. The topological polar surface area (TPSA) is 90.2 Å². The van der Waals surface area contributed by atoms with Crippen LogP contribution in [0.4, 0.5) is 5.69 Å². The normalized spacial score (nSPS) is 17.0. The average Bonchev–Trinajstić information content (AvgIpc) is 2.93. The Morgan fingerprint density at radius 2 is 2.04 bits per heavy atom. The minimum Gasteiger partial charge on any atom is -0.506 e. The summed E-state index contributed by atoms with van der Waals surface area (Å²) in [6, 6.07) is 9.91. The molecule has 3 rings (SSSR count). The molecule has 2 N–H and O–H groups in total. The van der Waals surface area contributed by atoms with Gasteiger partial charge in [0.15, 0.2) is 5.17 Å². The summed E-state index contributed by atoms with van der Waals surface area (Å²) in [5.74, 6) is -1.10. The molecule has 1 fully saturated rings. The van der Waals surface area contributed by atoms with Crippen LogP contribution in [-0.4, -0.2) is 38.7 Å². The van der Waals surface area contributed by atoms with Crippen LogP contribution in [0.25, 0.3) is 6.08 Å². The van der Waals surface area contributed by atoms with Crippen LogP contribution < -0.4 is 0 Å². The van der Waals surface area contributed by atoms with Gasteiger partial charge in [-0.3, -0.25) is 9.69 Å². The molecule has 0 atom stereocenters. The van der Waals surface area contributed by atoms with Gasteiger partial charge in [-0.2, -0.15) is 0 Å². The first-order valence-electron chi connectivity index (χ1n) is 8.11. The molecule has 1 aliphatic heterocycles. The third-order valence-corrected chi connectivity index (χ3v) is 6.32. The highest BCUT2D eigenvalue weighted by Gasteiger charge is 2.32. The molecule has 2 aromatic carbocycles. The number of aromatic carboxylic acids is 1. The van der Waals surface area contributed by atoms with E-state index >= 15 is 0 Å². The van der Waals surface area contributed by atoms with Crippen LogP contribution in [0.1, 0.15) is 22.8 Å². The third kappa shape index (κ3) is 4.51. The second-order valence-corrected chi connectivity index (χ2v) is 9.15. The molecule has 144 valence electrons. The summed E-state index contributed by atoms with van der Waals surface area (Å²) in [6.07, 6.45) is 1.66. The van der Waals surface area contributed by atoms with E-state index in [0.29, 0.717) is 31.4 Å². The Hall–Kier alpha value is -1.60. The fraction of sp³-hybridized carbons (Fsp3) is 0.105. The maximum atomic E-state index is 12.8. The number of hydrogen-bond acceptors (Lipinski definition) is 5. The van der Waals surface area contributed by atoms with Gasteiger partial charge in [-0.25, -0.2) is 9.79 Å². The number of benzene rings is 2. The second-order valence-electron chi connectivity index (χ2n) is 5.74. The van der Waals surface area contributed by atoms with Crippen molar-refractivity contribution in [2.24, 2.45) is 4.99 Å². The maximum absolute atomic E-state index is 12.8. The Morgan fingerprint density at radius 3 is 2.71 bits per heavy atom. The number of hydrogen-bond donors (Lipinski definition) is 2. The number of carbonyl (C=O) groups is 2. The quantitative estimate of drug-likeness (QED) is 0.375. The van der Waals surface area contributed by atoms with Crippen LogP contribution in [0, 0.1) is 7.14 Å². The number of nitrogens with zero attached hydrogens (tertiary/aromatic N) is 2. The van der Waals surface area contributed by atoms with Gasteiger partial charge in [0.05, 0.1) is 19.7 Å². The summed E-state index contributed by atoms with van der Waals surface area (Å²) in [5.41, 5.74) is 1.16. The molecule has 1 saturated heterocycles. The van der Waals surface area contributed by atoms with E-state index in [9.17, 15) is 14.7 Å². The van der Waals surface area contributed by atoms with Crippen molar-refractivity contribution in [1.29, 1.82) is 0 Å². The molecule has 1 amide bonds. The largest absolute Gasteiger partial charge is 0.506 e. The number of likely N-dealkylation sites (N-methyl/N-ethyl adjacent to an activating group) is 1. The lowest BCUT2D eigenvalue weighted by Gasteiger charge is -2.12. The van der Waals surface area contributed by atoms with Crippen molar-refractivity contribution < 1.29 is 19.8 Å². The molecule has 0 unspecified atom stereocenters. The number of aromatic hydroxyl groups is 1. The minimum absolute atomic E-state index is 0.129. The van der Waals surface area contributed by atoms with Gasteiger partial charge in [-0.1, -0.05) is 6.07 Å². The van der Waals surface area contributed by atoms with Crippen LogP contribution in [-0.2, 0) is 4.79 Å². The van der Waals surface area contributed by atoms with Gasteiger partial charge in [0.25, 0.3) is 5.91 Å². The van der Waals surface area contributed by atoms with E-state index in [4.69, 9.17) is 5.11 Å². The number of halogens is 2. The van der Waals surface area contributed by atoms with E-state index in [0.717, 1.165) is 3.57 Å². The molecule has 0 spiro atoms. The Labute approximate surface area is 193 Å². The van der Waals surface area contributed by atoms with Crippen LogP contribution in [0.2, 0.25) is 0 Å². The maximum Gasteiger partial charge on any atom is 0.335 e. The van der Waals surface area contributed by atoms with E-state index in [-0.39, 0.29) is 17.2 Å². The number of thioether (sulfide) groups is 1. The Kier molecular flexibility index (Phi) is 6.65. The van der Waals surface area contributed by atoms with Gasteiger partial charge in [-0.05, 0) is 100 Å². The number of carboxylic acid groups (broad SMARTS) is 1. The Bertz CT molecular complexity index is 1040. The van der Waals surface area contributed by atoms with Crippen molar-refractivity contribution in [2.45, 2.75) is 6.92 Å². The fourth-order valence-corrected chi connectivity index (χ4v) is 5.47. The Morgan fingerprint density at radius 1 is 1.29 bits per heavy atom. The smallest absolute Gasteiger partial charge is 0.335 e. The molecule has 0 aliphatic carbocycles. The number of phenolic OH excluding ortho intramolecular Hbond substituents is 1. The van der Waals surface area contributed by atoms with Crippen LogP contribution in [0.3, 0.4) is 0 Å². The Balaban J connectivity index is 1.99. The zero-order valence-corrected chi connectivity index (χ0v) is 19.6. The van der Waals surface area contributed by atoms with Crippen molar-refractivity contribution in [1.82, 2.24) is 4.90 Å². The number of carbonyl (C=O) groups excluding carboxylic acids is 1. The molecule has 1 heterocycles. The summed E-state index contributed by atoms with van der Waals surface area (Å²) >= 11 is 5.41. The van der Waals surface area contributed by atoms with Gasteiger partial charge in [0, 0.05) is 15.7 Å². The zero-order valence-electron chi connectivity index (χ0n) is 14.5. The molecule has 9 heteroatoms. The SMILES string of the molecule is CCN1C(=O)/C(=C/c2cc(I)cc(I)c2O)SC1=Nc1cccc(C(=O)O)c1. The number of phenols is 1. The summed E-state index contributed by atoms with van der Waals surface area (Å²) in [4.78, 5) is 30.4. The lowest BCUT2D eigenvalue weighted by Crippen LogP contribution is -2.28. The van der Waals surface area contributed by atoms with Crippen molar-refractivity contribution in [3.8, 4) is 5.75 Å². The predicted octanol–water partition coefficient (Wildman–Crippen LogP) is 4.92. The first-order chi connectivity index (χ1) is 13.3. The second kappa shape index (κ2) is 8.82. The first kappa shape index (κ1) is 21.1. The van der Waals surface area contributed by atoms with E-state index in [2.05, 4.69) is 27.6 Å². The molecule has 0 saturated carbocycles. The van der Waals surface area contributed by atoms with Gasteiger partial charge in [0.1, 0.15) is 5.75 Å². The molecule has 0 radical (unpaired) electrons. The molecule has 1 aliphatic rings. The van der Waals surface area contributed by atoms with Gasteiger partial charge in [0.2, 0.25) is 0 Å². The third-order valence-electron chi connectivity index (χ3n) is 3.87. The predicted molar refractivity (Wildman–Crippen MR) is 127 cm³/mol. The summed E-state index contributed by atoms with van der Waals surface area (Å²) in [6.45, 7) is 2.27. The molecule has 6 nitrogen and oxygen atoms in total. The van der Waals surface area contributed by atoms with Gasteiger partial charge >= 0.3 is 5.97 Å².